The minimum atomic E-state index is -0.108. The first-order chi connectivity index (χ1) is 14.9. The number of rotatable bonds is 4. The largest absolute Gasteiger partial charge is 0.376 e. The molecule has 0 radical (unpaired) electrons. The molecule has 4 rings (SSSR count). The van der Waals surface area contributed by atoms with Gasteiger partial charge < -0.3 is 15.5 Å². The lowest BCUT2D eigenvalue weighted by Crippen LogP contribution is -2.43. The second kappa shape index (κ2) is 8.55. The minimum Gasteiger partial charge on any atom is -0.376 e. The van der Waals surface area contributed by atoms with Crippen LogP contribution in [0.25, 0.3) is 11.1 Å². The van der Waals surface area contributed by atoms with Crippen molar-refractivity contribution in [3.05, 3.63) is 66.7 Å². The number of aromatic nitrogens is 2. The predicted octanol–water partition coefficient (Wildman–Crippen LogP) is 4.40. The quantitative estimate of drug-likeness (QED) is 0.659. The summed E-state index contributed by atoms with van der Waals surface area (Å²) in [4.78, 5) is 33.9. The Morgan fingerprint density at radius 2 is 1.74 bits per heavy atom. The molecule has 0 aliphatic carbocycles. The Morgan fingerprint density at radius 1 is 1.00 bits per heavy atom. The van der Waals surface area contributed by atoms with Crippen molar-refractivity contribution in [2.24, 2.45) is 0 Å². The van der Waals surface area contributed by atoms with E-state index >= 15 is 0 Å². The maximum atomic E-state index is 12.4. The average Bonchev–Trinajstić information content (AvgIpc) is 2.73. The fourth-order valence-corrected chi connectivity index (χ4v) is 4.21. The van der Waals surface area contributed by atoms with Crippen molar-refractivity contribution < 1.29 is 9.59 Å². The summed E-state index contributed by atoms with van der Waals surface area (Å²) in [6.45, 7) is 5.15. The van der Waals surface area contributed by atoms with Gasteiger partial charge in [-0.25, -0.2) is 9.97 Å². The number of benzene rings is 2. The van der Waals surface area contributed by atoms with Crippen LogP contribution in [0, 0.1) is 0 Å². The first-order valence-electron chi connectivity index (χ1n) is 10.3. The third kappa shape index (κ3) is 4.40. The molecular formula is C24H25N5O2. The number of carbonyl (C=O) groups excluding carboxylic acids is 2. The monoisotopic (exact) mass is 415 g/mol. The Hall–Kier alpha value is -3.74. The molecule has 2 amide bonds. The molecule has 0 spiro atoms. The number of nitrogens with one attached hydrogen (secondary N) is 2. The van der Waals surface area contributed by atoms with E-state index in [2.05, 4.69) is 33.6 Å². The third-order valence-electron chi connectivity index (χ3n) is 5.44. The van der Waals surface area contributed by atoms with E-state index in [1.807, 2.05) is 41.3 Å². The second-order valence-electron chi connectivity index (χ2n) is 7.83. The molecule has 158 valence electrons. The standard InChI is InChI=1S/C24H25N5O2/c1-15-9-23(28-21-12-25-14-26-13-21)22-11-19(7-8-24(22)29(15)17(3)31)18-5-4-6-20(10-18)27-16(2)30/h4-8,10-15,23,28H,9H2,1-3H3,(H,27,30)/t15-,23+/m0/s1. The van der Waals surface area contributed by atoms with E-state index in [1.165, 1.54) is 13.3 Å². The first kappa shape index (κ1) is 20.5. The average molecular weight is 415 g/mol. The first-order valence-corrected chi connectivity index (χ1v) is 10.3. The molecule has 3 aromatic rings. The third-order valence-corrected chi connectivity index (χ3v) is 5.44. The number of nitrogens with zero attached hydrogens (tertiary/aromatic N) is 3. The van der Waals surface area contributed by atoms with Gasteiger partial charge in [0, 0.05) is 31.3 Å². The van der Waals surface area contributed by atoms with Crippen molar-refractivity contribution in [1.29, 1.82) is 0 Å². The van der Waals surface area contributed by atoms with Crippen LogP contribution < -0.4 is 15.5 Å². The summed E-state index contributed by atoms with van der Waals surface area (Å²) in [7, 11) is 0. The molecule has 2 atom stereocenters. The number of carbonyl (C=O) groups is 2. The van der Waals surface area contributed by atoms with Gasteiger partial charge in [-0.15, -0.1) is 0 Å². The van der Waals surface area contributed by atoms with Gasteiger partial charge >= 0.3 is 0 Å². The lowest BCUT2D eigenvalue weighted by Gasteiger charge is -2.39. The van der Waals surface area contributed by atoms with Gasteiger partial charge in [-0.05, 0) is 54.3 Å². The number of amides is 2. The van der Waals surface area contributed by atoms with E-state index in [0.29, 0.717) is 0 Å². The van der Waals surface area contributed by atoms with Gasteiger partial charge in [0.2, 0.25) is 11.8 Å². The van der Waals surface area contributed by atoms with Crippen molar-refractivity contribution in [2.75, 3.05) is 15.5 Å². The second-order valence-corrected chi connectivity index (χ2v) is 7.83. The highest BCUT2D eigenvalue weighted by molar-refractivity contribution is 5.94. The summed E-state index contributed by atoms with van der Waals surface area (Å²) < 4.78 is 0. The SMILES string of the molecule is CC(=O)Nc1cccc(-c2ccc3c(c2)[C@H](Nc2cncnc2)C[C@H](C)N3C(C)=O)c1. The highest BCUT2D eigenvalue weighted by atomic mass is 16.2. The van der Waals surface area contributed by atoms with Crippen LogP contribution >= 0.6 is 0 Å². The summed E-state index contributed by atoms with van der Waals surface area (Å²) in [6.07, 6.45) is 5.75. The summed E-state index contributed by atoms with van der Waals surface area (Å²) in [5.41, 5.74) is 5.53. The summed E-state index contributed by atoms with van der Waals surface area (Å²) in [5.74, 6) is -0.0846. The van der Waals surface area contributed by atoms with Crippen LogP contribution in [0.2, 0.25) is 0 Å². The van der Waals surface area contributed by atoms with Crippen molar-refractivity contribution in [3.8, 4) is 11.1 Å². The molecule has 2 N–H and O–H groups in total. The molecule has 1 aliphatic heterocycles. The molecule has 0 bridgehead atoms. The van der Waals surface area contributed by atoms with Crippen LogP contribution in [-0.4, -0.2) is 27.8 Å². The van der Waals surface area contributed by atoms with Crippen LogP contribution in [0.1, 0.15) is 38.8 Å². The van der Waals surface area contributed by atoms with Crippen molar-refractivity contribution >= 4 is 28.9 Å². The van der Waals surface area contributed by atoms with Crippen LogP contribution in [0.5, 0.6) is 0 Å². The van der Waals surface area contributed by atoms with Gasteiger partial charge in [-0.2, -0.15) is 0 Å². The van der Waals surface area contributed by atoms with E-state index in [1.54, 1.807) is 19.3 Å². The highest BCUT2D eigenvalue weighted by Crippen LogP contribution is 2.41. The Labute approximate surface area is 181 Å². The molecule has 0 unspecified atom stereocenters. The molecule has 31 heavy (non-hydrogen) atoms. The van der Waals surface area contributed by atoms with E-state index in [-0.39, 0.29) is 23.9 Å². The maximum Gasteiger partial charge on any atom is 0.224 e. The Bertz CT molecular complexity index is 1120. The van der Waals surface area contributed by atoms with E-state index < -0.39 is 0 Å². The number of fused-ring (bicyclic) bond motifs is 1. The van der Waals surface area contributed by atoms with Crippen LogP contribution in [-0.2, 0) is 9.59 Å². The number of hydrogen-bond donors (Lipinski definition) is 2. The Morgan fingerprint density at radius 3 is 2.45 bits per heavy atom. The van der Waals surface area contributed by atoms with Gasteiger partial charge in [-0.3, -0.25) is 9.59 Å². The molecule has 7 heteroatoms. The molecule has 2 aromatic carbocycles. The predicted molar refractivity (Wildman–Crippen MR) is 122 cm³/mol. The molecule has 0 saturated heterocycles. The van der Waals surface area contributed by atoms with Crippen molar-refractivity contribution in [1.82, 2.24) is 9.97 Å². The fourth-order valence-electron chi connectivity index (χ4n) is 4.21. The maximum absolute atomic E-state index is 12.4. The van der Waals surface area contributed by atoms with Crippen molar-refractivity contribution in [3.63, 3.8) is 0 Å². The molecule has 1 aliphatic rings. The smallest absolute Gasteiger partial charge is 0.224 e. The zero-order chi connectivity index (χ0) is 22.0. The van der Waals surface area contributed by atoms with E-state index in [0.717, 1.165) is 40.2 Å². The van der Waals surface area contributed by atoms with Crippen LogP contribution in [0.3, 0.4) is 0 Å². The molecule has 7 nitrogen and oxygen atoms in total. The number of hydrogen-bond acceptors (Lipinski definition) is 5. The molecule has 0 fully saturated rings. The van der Waals surface area contributed by atoms with Crippen LogP contribution in [0.4, 0.5) is 17.1 Å². The molecule has 0 saturated carbocycles. The molecule has 2 heterocycles. The van der Waals surface area contributed by atoms with Crippen molar-refractivity contribution in [2.45, 2.75) is 39.3 Å². The molecular weight excluding hydrogens is 390 g/mol. The van der Waals surface area contributed by atoms with E-state index in [9.17, 15) is 9.59 Å². The van der Waals surface area contributed by atoms with Gasteiger partial charge in [0.05, 0.1) is 24.1 Å². The highest BCUT2D eigenvalue weighted by Gasteiger charge is 2.32. The molecule has 1 aromatic heterocycles. The fraction of sp³-hybridized carbons (Fsp3) is 0.250. The normalized spacial score (nSPS) is 17.6. The van der Waals surface area contributed by atoms with Gasteiger partial charge in [0.25, 0.3) is 0 Å². The Kier molecular flexibility index (Phi) is 5.66. The lowest BCUT2D eigenvalue weighted by molar-refractivity contribution is -0.117. The summed E-state index contributed by atoms with van der Waals surface area (Å²) in [5, 5.41) is 6.35. The summed E-state index contributed by atoms with van der Waals surface area (Å²) in [6, 6.07) is 13.9. The minimum absolute atomic E-state index is 0.00470. The summed E-state index contributed by atoms with van der Waals surface area (Å²) >= 11 is 0. The van der Waals surface area contributed by atoms with Gasteiger partial charge in [0.1, 0.15) is 6.33 Å². The number of anilines is 3. The topological polar surface area (TPSA) is 87.2 Å². The van der Waals surface area contributed by atoms with E-state index in [4.69, 9.17) is 0 Å². The van der Waals surface area contributed by atoms with Gasteiger partial charge in [0.15, 0.2) is 0 Å². The lowest BCUT2D eigenvalue weighted by atomic mass is 9.89. The zero-order valence-corrected chi connectivity index (χ0v) is 17.8. The van der Waals surface area contributed by atoms with Gasteiger partial charge in [-0.1, -0.05) is 18.2 Å². The zero-order valence-electron chi connectivity index (χ0n) is 17.8. The van der Waals surface area contributed by atoms with Crippen LogP contribution in [0.15, 0.2) is 61.2 Å². The Balaban J connectivity index is 1.76.